The number of ether oxygens (including phenoxy) is 1. The SMILES string of the molecule is CC(N)C(OCC(F)F)c1ccccc1Cl. The smallest absolute Gasteiger partial charge is 0.261 e. The van der Waals surface area contributed by atoms with Gasteiger partial charge < -0.3 is 10.5 Å². The van der Waals surface area contributed by atoms with Gasteiger partial charge in [0.05, 0.1) is 6.10 Å². The standard InChI is InChI=1S/C11H14ClF2NO/c1-7(15)11(16-6-10(13)14)8-4-2-3-5-9(8)12/h2-5,7,10-11H,6,15H2,1H3. The molecule has 2 N–H and O–H groups in total. The van der Waals surface area contributed by atoms with Crippen molar-refractivity contribution in [1.29, 1.82) is 0 Å². The predicted octanol–water partition coefficient (Wildman–Crippen LogP) is 3.01. The number of halogens is 3. The topological polar surface area (TPSA) is 35.2 Å². The monoisotopic (exact) mass is 249 g/mol. The quantitative estimate of drug-likeness (QED) is 0.871. The maximum Gasteiger partial charge on any atom is 0.261 e. The fourth-order valence-corrected chi connectivity index (χ4v) is 1.65. The van der Waals surface area contributed by atoms with Crippen LogP contribution in [0.4, 0.5) is 8.78 Å². The highest BCUT2D eigenvalue weighted by atomic mass is 35.5. The van der Waals surface area contributed by atoms with Crippen LogP contribution < -0.4 is 5.73 Å². The van der Waals surface area contributed by atoms with Gasteiger partial charge in [0.15, 0.2) is 0 Å². The molecule has 0 saturated carbocycles. The van der Waals surface area contributed by atoms with E-state index in [1.54, 1.807) is 31.2 Å². The first-order valence-electron chi connectivity index (χ1n) is 4.92. The first kappa shape index (κ1) is 13.4. The average Bonchev–Trinajstić information content (AvgIpc) is 2.20. The molecule has 2 atom stereocenters. The second kappa shape index (κ2) is 6.13. The third-order valence-electron chi connectivity index (χ3n) is 2.09. The van der Waals surface area contributed by atoms with Gasteiger partial charge in [0, 0.05) is 16.6 Å². The molecule has 1 rings (SSSR count). The Morgan fingerprint density at radius 3 is 2.50 bits per heavy atom. The van der Waals surface area contributed by atoms with Crippen LogP contribution in [0.3, 0.4) is 0 Å². The summed E-state index contributed by atoms with van der Waals surface area (Å²) in [5, 5.41) is 0.471. The van der Waals surface area contributed by atoms with Crippen LogP contribution in [0.1, 0.15) is 18.6 Å². The van der Waals surface area contributed by atoms with E-state index >= 15 is 0 Å². The largest absolute Gasteiger partial charge is 0.366 e. The number of rotatable bonds is 5. The molecule has 0 heterocycles. The van der Waals surface area contributed by atoms with Gasteiger partial charge in [-0.25, -0.2) is 8.78 Å². The fraction of sp³-hybridized carbons (Fsp3) is 0.455. The normalized spacial score (nSPS) is 15.1. The molecule has 16 heavy (non-hydrogen) atoms. The molecular formula is C11H14ClF2NO. The molecule has 0 spiro atoms. The summed E-state index contributed by atoms with van der Waals surface area (Å²) in [4.78, 5) is 0. The van der Waals surface area contributed by atoms with Gasteiger partial charge in [0.1, 0.15) is 6.61 Å². The van der Waals surface area contributed by atoms with E-state index < -0.39 is 25.2 Å². The fourth-order valence-electron chi connectivity index (χ4n) is 1.41. The minimum Gasteiger partial charge on any atom is -0.366 e. The van der Waals surface area contributed by atoms with E-state index in [0.29, 0.717) is 10.6 Å². The molecule has 0 bridgehead atoms. The highest BCUT2D eigenvalue weighted by Crippen LogP contribution is 2.27. The minimum atomic E-state index is -2.51. The van der Waals surface area contributed by atoms with E-state index in [0.717, 1.165) is 0 Å². The maximum atomic E-state index is 12.1. The van der Waals surface area contributed by atoms with Gasteiger partial charge in [-0.2, -0.15) is 0 Å². The second-order valence-electron chi connectivity index (χ2n) is 3.53. The van der Waals surface area contributed by atoms with Crippen molar-refractivity contribution in [3.05, 3.63) is 34.9 Å². The van der Waals surface area contributed by atoms with Crippen molar-refractivity contribution in [3.63, 3.8) is 0 Å². The molecule has 2 nitrogen and oxygen atoms in total. The third-order valence-corrected chi connectivity index (χ3v) is 2.44. The van der Waals surface area contributed by atoms with Crippen LogP contribution in [-0.2, 0) is 4.74 Å². The lowest BCUT2D eigenvalue weighted by molar-refractivity contribution is -0.0325. The Kier molecular flexibility index (Phi) is 5.12. The van der Waals surface area contributed by atoms with E-state index in [9.17, 15) is 8.78 Å². The zero-order valence-electron chi connectivity index (χ0n) is 8.87. The van der Waals surface area contributed by atoms with Crippen molar-refractivity contribution >= 4 is 11.6 Å². The predicted molar refractivity (Wildman–Crippen MR) is 59.8 cm³/mol. The number of alkyl halides is 2. The number of hydrogen-bond acceptors (Lipinski definition) is 2. The van der Waals surface area contributed by atoms with E-state index in [2.05, 4.69) is 0 Å². The first-order valence-corrected chi connectivity index (χ1v) is 5.30. The van der Waals surface area contributed by atoms with Crippen LogP contribution in [0.15, 0.2) is 24.3 Å². The van der Waals surface area contributed by atoms with Crippen molar-refractivity contribution in [1.82, 2.24) is 0 Å². The van der Waals surface area contributed by atoms with Gasteiger partial charge >= 0.3 is 0 Å². The summed E-state index contributed by atoms with van der Waals surface area (Å²) in [5.41, 5.74) is 6.33. The van der Waals surface area contributed by atoms with Crippen molar-refractivity contribution < 1.29 is 13.5 Å². The maximum absolute atomic E-state index is 12.1. The Labute approximate surface area is 98.3 Å². The van der Waals surface area contributed by atoms with Crippen LogP contribution >= 0.6 is 11.6 Å². The lowest BCUT2D eigenvalue weighted by Gasteiger charge is -2.22. The van der Waals surface area contributed by atoms with E-state index in [1.165, 1.54) is 0 Å². The van der Waals surface area contributed by atoms with Crippen LogP contribution in [0.25, 0.3) is 0 Å². The van der Waals surface area contributed by atoms with Crippen molar-refractivity contribution in [2.24, 2.45) is 5.73 Å². The first-order chi connectivity index (χ1) is 7.52. The zero-order chi connectivity index (χ0) is 12.1. The number of benzene rings is 1. The summed E-state index contributed by atoms with van der Waals surface area (Å²) < 4.78 is 29.2. The van der Waals surface area contributed by atoms with Crippen molar-refractivity contribution in [2.75, 3.05) is 6.61 Å². The molecule has 0 aliphatic rings. The summed E-state index contributed by atoms with van der Waals surface area (Å²) in [6.45, 7) is 1.05. The van der Waals surface area contributed by atoms with E-state index in [-0.39, 0.29) is 0 Å². The average molecular weight is 250 g/mol. The highest BCUT2D eigenvalue weighted by Gasteiger charge is 2.20. The summed E-state index contributed by atoms with van der Waals surface area (Å²) in [7, 11) is 0. The summed E-state index contributed by atoms with van der Waals surface area (Å²) in [6, 6.07) is 6.53. The molecule has 0 radical (unpaired) electrons. The Morgan fingerprint density at radius 1 is 1.38 bits per heavy atom. The summed E-state index contributed by atoms with van der Waals surface area (Å²) in [6.07, 6.45) is -3.12. The highest BCUT2D eigenvalue weighted by molar-refractivity contribution is 6.31. The van der Waals surface area contributed by atoms with Gasteiger partial charge in [0.25, 0.3) is 6.43 Å². The number of nitrogens with two attached hydrogens (primary N) is 1. The molecule has 90 valence electrons. The molecule has 5 heteroatoms. The van der Waals surface area contributed by atoms with Crippen molar-refractivity contribution in [3.8, 4) is 0 Å². The van der Waals surface area contributed by atoms with Gasteiger partial charge in [0.2, 0.25) is 0 Å². The zero-order valence-corrected chi connectivity index (χ0v) is 9.62. The lowest BCUT2D eigenvalue weighted by Crippen LogP contribution is -2.28. The Hall–Kier alpha value is -0.710. The van der Waals surface area contributed by atoms with Crippen LogP contribution in [0.2, 0.25) is 5.02 Å². The molecule has 0 fully saturated rings. The van der Waals surface area contributed by atoms with E-state index in [1.807, 2.05) is 0 Å². The second-order valence-corrected chi connectivity index (χ2v) is 3.93. The van der Waals surface area contributed by atoms with Crippen LogP contribution in [0, 0.1) is 0 Å². The lowest BCUT2D eigenvalue weighted by atomic mass is 10.0. The Bertz CT molecular complexity index is 334. The Balaban J connectivity index is 2.82. The minimum absolute atomic E-state index is 0.404. The van der Waals surface area contributed by atoms with Gasteiger partial charge in [-0.15, -0.1) is 0 Å². The molecule has 2 unspecified atom stereocenters. The molecule has 0 amide bonds. The van der Waals surface area contributed by atoms with Crippen LogP contribution in [0.5, 0.6) is 0 Å². The van der Waals surface area contributed by atoms with Gasteiger partial charge in [-0.3, -0.25) is 0 Å². The molecule has 1 aromatic carbocycles. The molecule has 1 aromatic rings. The van der Waals surface area contributed by atoms with Gasteiger partial charge in [-0.05, 0) is 13.0 Å². The number of hydrogen-bond donors (Lipinski definition) is 1. The molecule has 0 saturated heterocycles. The van der Waals surface area contributed by atoms with E-state index in [4.69, 9.17) is 22.1 Å². The third kappa shape index (κ3) is 3.70. The Morgan fingerprint density at radius 2 is 2.00 bits per heavy atom. The van der Waals surface area contributed by atoms with Crippen molar-refractivity contribution in [2.45, 2.75) is 25.5 Å². The molecule has 0 aliphatic heterocycles. The van der Waals surface area contributed by atoms with Gasteiger partial charge in [-0.1, -0.05) is 29.8 Å². The molecule has 0 aromatic heterocycles. The summed E-state index contributed by atoms with van der Waals surface area (Å²) >= 11 is 5.96. The summed E-state index contributed by atoms with van der Waals surface area (Å²) in [5.74, 6) is 0. The van der Waals surface area contributed by atoms with Crippen LogP contribution in [-0.4, -0.2) is 19.1 Å². The molecular weight excluding hydrogens is 236 g/mol. The molecule has 0 aliphatic carbocycles.